The standard InChI is InChI=1S/C16H28O4Si/c1-11-13(10-18)12(9-17)8-14(15(11)19-5)20-21(6,7)16(2,3)4/h8,17-18H,9-10H2,1-7H3. The minimum atomic E-state index is -2.00. The summed E-state index contributed by atoms with van der Waals surface area (Å²) < 4.78 is 11.8. The molecule has 1 aromatic rings. The first-order chi connectivity index (χ1) is 9.59. The normalized spacial score (nSPS) is 12.4. The van der Waals surface area contributed by atoms with Gasteiger partial charge in [0, 0.05) is 5.56 Å². The van der Waals surface area contributed by atoms with Gasteiger partial charge in [-0.2, -0.15) is 0 Å². The topological polar surface area (TPSA) is 58.9 Å². The fraction of sp³-hybridized carbons (Fsp3) is 0.625. The fourth-order valence-electron chi connectivity index (χ4n) is 1.99. The van der Waals surface area contributed by atoms with Crippen molar-refractivity contribution in [1.29, 1.82) is 0 Å². The van der Waals surface area contributed by atoms with Crippen LogP contribution < -0.4 is 9.16 Å². The highest BCUT2D eigenvalue weighted by Gasteiger charge is 2.39. The first-order valence-corrected chi connectivity index (χ1v) is 10.1. The van der Waals surface area contributed by atoms with Crippen molar-refractivity contribution in [3.63, 3.8) is 0 Å². The summed E-state index contributed by atoms with van der Waals surface area (Å²) in [7, 11) is -0.406. The van der Waals surface area contributed by atoms with Crippen LogP contribution >= 0.6 is 0 Å². The average Bonchev–Trinajstić information content (AvgIpc) is 2.36. The Balaban J connectivity index is 3.40. The van der Waals surface area contributed by atoms with E-state index in [0.717, 1.165) is 5.56 Å². The van der Waals surface area contributed by atoms with Gasteiger partial charge in [0.25, 0.3) is 8.32 Å². The first kappa shape index (κ1) is 18.0. The van der Waals surface area contributed by atoms with Crippen LogP contribution in [-0.4, -0.2) is 25.6 Å². The van der Waals surface area contributed by atoms with Crippen LogP contribution in [0.25, 0.3) is 0 Å². The van der Waals surface area contributed by atoms with E-state index in [1.165, 1.54) is 0 Å². The van der Waals surface area contributed by atoms with Gasteiger partial charge in [-0.15, -0.1) is 0 Å². The summed E-state index contributed by atoms with van der Waals surface area (Å²) in [6.07, 6.45) is 0. The van der Waals surface area contributed by atoms with Crippen molar-refractivity contribution >= 4 is 8.32 Å². The van der Waals surface area contributed by atoms with E-state index in [4.69, 9.17) is 9.16 Å². The molecule has 0 amide bonds. The lowest BCUT2D eigenvalue weighted by Gasteiger charge is -2.37. The maximum absolute atomic E-state index is 9.52. The number of aliphatic hydroxyl groups excluding tert-OH is 2. The monoisotopic (exact) mass is 312 g/mol. The van der Waals surface area contributed by atoms with E-state index in [9.17, 15) is 10.2 Å². The predicted molar refractivity (Wildman–Crippen MR) is 87.4 cm³/mol. The van der Waals surface area contributed by atoms with Gasteiger partial charge in [0.1, 0.15) is 5.75 Å². The quantitative estimate of drug-likeness (QED) is 0.818. The third-order valence-electron chi connectivity index (χ3n) is 4.41. The molecule has 0 saturated heterocycles. The Morgan fingerprint density at radius 2 is 1.71 bits per heavy atom. The lowest BCUT2D eigenvalue weighted by molar-refractivity contribution is 0.257. The van der Waals surface area contributed by atoms with E-state index in [-0.39, 0.29) is 18.3 Å². The molecule has 0 bridgehead atoms. The van der Waals surface area contributed by atoms with Crippen LogP contribution in [0.1, 0.15) is 37.5 Å². The molecule has 1 aromatic carbocycles. The van der Waals surface area contributed by atoms with Crippen LogP contribution in [0.4, 0.5) is 0 Å². The van der Waals surface area contributed by atoms with Crippen molar-refractivity contribution in [1.82, 2.24) is 0 Å². The van der Waals surface area contributed by atoms with Gasteiger partial charge in [-0.05, 0) is 42.2 Å². The fourth-order valence-corrected chi connectivity index (χ4v) is 3.00. The number of hydrogen-bond donors (Lipinski definition) is 2. The van der Waals surface area contributed by atoms with E-state index in [0.29, 0.717) is 22.6 Å². The molecule has 0 aliphatic heterocycles. The second kappa shape index (κ2) is 6.38. The Bertz CT molecular complexity index is 504. The number of hydrogen-bond acceptors (Lipinski definition) is 4. The van der Waals surface area contributed by atoms with Gasteiger partial charge >= 0.3 is 0 Å². The zero-order valence-corrected chi connectivity index (χ0v) is 15.2. The molecular formula is C16H28O4Si. The highest BCUT2D eigenvalue weighted by molar-refractivity contribution is 6.74. The van der Waals surface area contributed by atoms with E-state index in [1.54, 1.807) is 13.2 Å². The Morgan fingerprint density at radius 3 is 2.10 bits per heavy atom. The van der Waals surface area contributed by atoms with E-state index in [2.05, 4.69) is 33.9 Å². The van der Waals surface area contributed by atoms with E-state index < -0.39 is 8.32 Å². The van der Waals surface area contributed by atoms with Gasteiger partial charge in [0.2, 0.25) is 0 Å². The Kier molecular flexibility index (Phi) is 5.47. The average molecular weight is 312 g/mol. The molecule has 0 spiro atoms. The number of methoxy groups -OCH3 is 1. The zero-order valence-electron chi connectivity index (χ0n) is 14.2. The minimum Gasteiger partial charge on any atom is -0.541 e. The molecule has 0 aliphatic rings. The summed E-state index contributed by atoms with van der Waals surface area (Å²) in [6, 6.07) is 1.79. The molecule has 0 radical (unpaired) electrons. The van der Waals surface area contributed by atoms with Crippen LogP contribution in [0, 0.1) is 6.92 Å². The van der Waals surface area contributed by atoms with Crippen molar-refractivity contribution in [3.8, 4) is 11.5 Å². The molecule has 1 rings (SSSR count). The summed E-state index contributed by atoms with van der Waals surface area (Å²) >= 11 is 0. The summed E-state index contributed by atoms with van der Waals surface area (Å²) in [4.78, 5) is 0. The molecule has 5 heteroatoms. The molecule has 0 fully saturated rings. The Hall–Kier alpha value is -1.04. The highest BCUT2D eigenvalue weighted by atomic mass is 28.4. The minimum absolute atomic E-state index is 0.0704. The molecule has 4 nitrogen and oxygen atoms in total. The maximum Gasteiger partial charge on any atom is 0.250 e. The molecule has 0 aromatic heterocycles. The number of ether oxygens (including phenoxy) is 1. The molecule has 2 N–H and O–H groups in total. The third kappa shape index (κ3) is 3.59. The molecule has 0 heterocycles. The van der Waals surface area contributed by atoms with Crippen molar-refractivity contribution in [2.75, 3.05) is 7.11 Å². The van der Waals surface area contributed by atoms with Gasteiger partial charge < -0.3 is 19.4 Å². The summed E-state index contributed by atoms with van der Waals surface area (Å²) in [5.74, 6) is 1.30. The predicted octanol–water partition coefficient (Wildman–Crippen LogP) is 3.37. The van der Waals surface area contributed by atoms with Crippen molar-refractivity contribution < 1.29 is 19.4 Å². The SMILES string of the molecule is COc1c(O[Si](C)(C)C(C)(C)C)cc(CO)c(CO)c1C. The largest absolute Gasteiger partial charge is 0.541 e. The Labute approximate surface area is 128 Å². The summed E-state index contributed by atoms with van der Waals surface area (Å²) in [6.45, 7) is 12.5. The van der Waals surface area contributed by atoms with Crippen LogP contribution in [0.2, 0.25) is 18.1 Å². The van der Waals surface area contributed by atoms with Crippen LogP contribution in [0.5, 0.6) is 11.5 Å². The number of aliphatic hydroxyl groups is 2. The second-order valence-corrected chi connectivity index (χ2v) is 11.6. The first-order valence-electron chi connectivity index (χ1n) is 7.19. The van der Waals surface area contributed by atoms with Crippen molar-refractivity contribution in [2.24, 2.45) is 0 Å². The molecule has 21 heavy (non-hydrogen) atoms. The summed E-state index contributed by atoms with van der Waals surface area (Å²) in [5.41, 5.74) is 2.21. The number of rotatable bonds is 5. The lowest BCUT2D eigenvalue weighted by Crippen LogP contribution is -2.44. The molecule has 0 unspecified atom stereocenters. The van der Waals surface area contributed by atoms with Crippen molar-refractivity contribution in [2.45, 2.75) is 59.0 Å². The van der Waals surface area contributed by atoms with Gasteiger partial charge in [0.15, 0.2) is 5.75 Å². The maximum atomic E-state index is 9.52. The smallest absolute Gasteiger partial charge is 0.250 e. The molecular weight excluding hydrogens is 284 g/mol. The van der Waals surface area contributed by atoms with Gasteiger partial charge in [-0.1, -0.05) is 20.8 Å². The lowest BCUT2D eigenvalue weighted by atomic mass is 10.0. The van der Waals surface area contributed by atoms with Crippen LogP contribution in [-0.2, 0) is 13.2 Å². The van der Waals surface area contributed by atoms with Gasteiger partial charge in [0.05, 0.1) is 20.3 Å². The van der Waals surface area contributed by atoms with Gasteiger partial charge in [-0.25, -0.2) is 0 Å². The molecule has 0 saturated carbocycles. The molecule has 0 atom stereocenters. The Morgan fingerprint density at radius 1 is 1.14 bits per heavy atom. The van der Waals surface area contributed by atoms with E-state index in [1.807, 2.05) is 6.92 Å². The van der Waals surface area contributed by atoms with Crippen LogP contribution in [0.3, 0.4) is 0 Å². The third-order valence-corrected chi connectivity index (χ3v) is 8.76. The van der Waals surface area contributed by atoms with Crippen LogP contribution in [0.15, 0.2) is 6.07 Å². The van der Waals surface area contributed by atoms with Crippen molar-refractivity contribution in [3.05, 3.63) is 22.8 Å². The zero-order chi connectivity index (χ0) is 16.4. The number of benzene rings is 1. The molecule has 0 aliphatic carbocycles. The molecule has 120 valence electrons. The highest BCUT2D eigenvalue weighted by Crippen LogP contribution is 2.42. The second-order valence-electron chi connectivity index (χ2n) is 6.85. The van der Waals surface area contributed by atoms with E-state index >= 15 is 0 Å². The summed E-state index contributed by atoms with van der Waals surface area (Å²) in [5, 5.41) is 19.1. The van der Waals surface area contributed by atoms with Gasteiger partial charge in [-0.3, -0.25) is 0 Å².